The first-order valence-corrected chi connectivity index (χ1v) is 7.62. The highest BCUT2D eigenvalue weighted by molar-refractivity contribution is 5.94. The second-order valence-electron chi connectivity index (χ2n) is 5.83. The van der Waals surface area contributed by atoms with Gasteiger partial charge in [-0.05, 0) is 12.0 Å². The average Bonchev–Trinajstić information content (AvgIpc) is 3.10. The van der Waals surface area contributed by atoms with E-state index in [1.54, 1.807) is 6.07 Å². The van der Waals surface area contributed by atoms with Gasteiger partial charge in [-0.25, -0.2) is 0 Å². The molecule has 7 heteroatoms. The molecule has 2 N–H and O–H groups in total. The van der Waals surface area contributed by atoms with E-state index in [0.29, 0.717) is 5.56 Å². The molecule has 0 fully saturated rings. The van der Waals surface area contributed by atoms with E-state index in [4.69, 9.17) is 4.42 Å². The number of carbonyl (C=O) groups is 1. The van der Waals surface area contributed by atoms with E-state index in [-0.39, 0.29) is 17.9 Å². The lowest BCUT2D eigenvalue weighted by Crippen LogP contribution is -2.34. The number of rotatable bonds is 4. The fraction of sp³-hybridized carbons (Fsp3) is 0.533. The van der Waals surface area contributed by atoms with Crippen molar-refractivity contribution < 1.29 is 9.21 Å². The molecule has 2 aromatic rings. The van der Waals surface area contributed by atoms with Crippen LogP contribution < -0.4 is 10.6 Å². The summed E-state index contributed by atoms with van der Waals surface area (Å²) in [4.78, 5) is 12.3. The second kappa shape index (κ2) is 6.31. The Morgan fingerprint density at radius 3 is 3.00 bits per heavy atom. The summed E-state index contributed by atoms with van der Waals surface area (Å²) in [6.45, 7) is 6.75. The molecule has 1 atom stereocenters. The number of hydrogen-bond donors (Lipinski definition) is 2. The van der Waals surface area contributed by atoms with Crippen molar-refractivity contribution in [1.82, 2.24) is 25.4 Å². The van der Waals surface area contributed by atoms with Crippen LogP contribution in [-0.4, -0.2) is 33.8 Å². The van der Waals surface area contributed by atoms with Gasteiger partial charge in [0.15, 0.2) is 5.82 Å². The van der Waals surface area contributed by atoms with Crippen molar-refractivity contribution >= 4 is 5.91 Å². The molecule has 0 spiro atoms. The first-order chi connectivity index (χ1) is 10.7. The first-order valence-electron chi connectivity index (χ1n) is 7.62. The van der Waals surface area contributed by atoms with E-state index >= 15 is 0 Å². The zero-order chi connectivity index (χ0) is 15.5. The van der Waals surface area contributed by atoms with Crippen molar-refractivity contribution in [3.63, 3.8) is 0 Å². The number of hydrogen-bond acceptors (Lipinski definition) is 5. The van der Waals surface area contributed by atoms with Gasteiger partial charge in [0.2, 0.25) is 0 Å². The number of aromatic nitrogens is 3. The molecule has 1 amide bonds. The summed E-state index contributed by atoms with van der Waals surface area (Å²) in [6.07, 6.45) is 3.79. The summed E-state index contributed by atoms with van der Waals surface area (Å²) < 4.78 is 7.10. The summed E-state index contributed by atoms with van der Waals surface area (Å²) in [5.74, 6) is 1.85. The van der Waals surface area contributed by atoms with Crippen molar-refractivity contribution in [1.29, 1.82) is 0 Å². The highest BCUT2D eigenvalue weighted by atomic mass is 16.3. The molecule has 0 aromatic carbocycles. The summed E-state index contributed by atoms with van der Waals surface area (Å²) in [6, 6.07) is 1.47. The number of amides is 1. The SMILES string of the molecule is CC(C)[C@@H](NC(=O)c1ccoc1)c1nnc2n1CCNCC2. The van der Waals surface area contributed by atoms with Gasteiger partial charge < -0.3 is 19.6 Å². The smallest absolute Gasteiger partial charge is 0.255 e. The molecule has 7 nitrogen and oxygen atoms in total. The minimum absolute atomic E-state index is 0.156. The molecule has 3 rings (SSSR count). The van der Waals surface area contributed by atoms with Crippen LogP contribution in [0.4, 0.5) is 0 Å². The van der Waals surface area contributed by atoms with Crippen molar-refractivity contribution in [3.05, 3.63) is 35.8 Å². The van der Waals surface area contributed by atoms with Gasteiger partial charge in [-0.15, -0.1) is 10.2 Å². The lowest BCUT2D eigenvalue weighted by molar-refractivity contribution is 0.0921. The summed E-state index contributed by atoms with van der Waals surface area (Å²) in [5, 5.41) is 15.0. The molecular formula is C15H21N5O2. The number of furan rings is 1. The molecule has 0 saturated carbocycles. The van der Waals surface area contributed by atoms with Gasteiger partial charge in [-0.2, -0.15) is 0 Å². The van der Waals surface area contributed by atoms with Gasteiger partial charge in [0.25, 0.3) is 5.91 Å². The maximum atomic E-state index is 12.3. The van der Waals surface area contributed by atoms with E-state index in [9.17, 15) is 4.79 Å². The predicted octanol–water partition coefficient (Wildman–Crippen LogP) is 1.14. The molecule has 0 unspecified atom stereocenters. The molecule has 118 valence electrons. The van der Waals surface area contributed by atoms with E-state index in [0.717, 1.165) is 37.7 Å². The Hall–Kier alpha value is -2.15. The van der Waals surface area contributed by atoms with Crippen LogP contribution in [-0.2, 0) is 13.0 Å². The third-order valence-electron chi connectivity index (χ3n) is 3.91. The molecule has 0 aliphatic carbocycles. The minimum atomic E-state index is -0.179. The predicted molar refractivity (Wildman–Crippen MR) is 80.3 cm³/mol. The van der Waals surface area contributed by atoms with Gasteiger partial charge >= 0.3 is 0 Å². The lowest BCUT2D eigenvalue weighted by Gasteiger charge is -2.22. The molecule has 1 aliphatic heterocycles. The van der Waals surface area contributed by atoms with Gasteiger partial charge in [-0.3, -0.25) is 4.79 Å². The topological polar surface area (TPSA) is 85.0 Å². The van der Waals surface area contributed by atoms with Crippen molar-refractivity contribution in [2.75, 3.05) is 13.1 Å². The Labute approximate surface area is 129 Å². The largest absolute Gasteiger partial charge is 0.472 e. The maximum Gasteiger partial charge on any atom is 0.255 e. The molecule has 1 aliphatic rings. The monoisotopic (exact) mass is 303 g/mol. The Kier molecular flexibility index (Phi) is 4.24. The zero-order valence-corrected chi connectivity index (χ0v) is 12.9. The highest BCUT2D eigenvalue weighted by Crippen LogP contribution is 2.22. The average molecular weight is 303 g/mol. The van der Waals surface area contributed by atoms with Gasteiger partial charge in [0, 0.05) is 26.1 Å². The molecule has 3 heterocycles. The third-order valence-corrected chi connectivity index (χ3v) is 3.91. The second-order valence-corrected chi connectivity index (χ2v) is 5.83. The number of nitrogens with one attached hydrogen (secondary N) is 2. The summed E-state index contributed by atoms with van der Waals surface area (Å²) >= 11 is 0. The van der Waals surface area contributed by atoms with Gasteiger partial charge in [0.05, 0.1) is 17.9 Å². The van der Waals surface area contributed by atoms with Crippen LogP contribution in [0.3, 0.4) is 0 Å². The number of carbonyl (C=O) groups excluding carboxylic acids is 1. The fourth-order valence-corrected chi connectivity index (χ4v) is 2.67. The van der Waals surface area contributed by atoms with E-state index in [1.807, 2.05) is 0 Å². The van der Waals surface area contributed by atoms with Crippen LogP contribution in [0.1, 0.15) is 41.9 Å². The molecular weight excluding hydrogens is 282 g/mol. The van der Waals surface area contributed by atoms with Crippen LogP contribution in [0, 0.1) is 5.92 Å². The highest BCUT2D eigenvalue weighted by Gasteiger charge is 2.26. The molecule has 0 bridgehead atoms. The van der Waals surface area contributed by atoms with Gasteiger partial charge in [0.1, 0.15) is 12.1 Å². The normalized spacial score (nSPS) is 16.1. The molecule has 0 saturated heterocycles. The molecule has 0 radical (unpaired) electrons. The maximum absolute atomic E-state index is 12.3. The Bertz CT molecular complexity index is 632. The van der Waals surface area contributed by atoms with Crippen LogP contribution in [0.2, 0.25) is 0 Å². The van der Waals surface area contributed by atoms with Crippen LogP contribution >= 0.6 is 0 Å². The zero-order valence-electron chi connectivity index (χ0n) is 12.9. The van der Waals surface area contributed by atoms with Crippen LogP contribution in [0.15, 0.2) is 23.0 Å². The van der Waals surface area contributed by atoms with Crippen molar-refractivity contribution in [3.8, 4) is 0 Å². The van der Waals surface area contributed by atoms with Crippen LogP contribution in [0.25, 0.3) is 0 Å². The minimum Gasteiger partial charge on any atom is -0.472 e. The van der Waals surface area contributed by atoms with E-state index < -0.39 is 0 Å². The summed E-state index contributed by atoms with van der Waals surface area (Å²) in [7, 11) is 0. The lowest BCUT2D eigenvalue weighted by atomic mass is 10.0. The summed E-state index contributed by atoms with van der Waals surface area (Å²) in [5.41, 5.74) is 0.517. The standard InChI is InChI=1S/C15H21N5O2/c1-10(2)13(17-15(21)11-4-8-22-9-11)14-19-18-12-3-5-16-6-7-20(12)14/h4,8-10,13,16H,3,5-7H2,1-2H3,(H,17,21)/t13-/m1/s1. The quantitative estimate of drug-likeness (QED) is 0.885. The number of fused-ring (bicyclic) bond motifs is 1. The number of nitrogens with zero attached hydrogens (tertiary/aromatic N) is 3. The fourth-order valence-electron chi connectivity index (χ4n) is 2.67. The Morgan fingerprint density at radius 2 is 2.27 bits per heavy atom. The molecule has 22 heavy (non-hydrogen) atoms. The molecule has 2 aromatic heterocycles. The van der Waals surface area contributed by atoms with E-state index in [1.165, 1.54) is 12.5 Å². The third kappa shape index (κ3) is 2.89. The Balaban J connectivity index is 1.85. The van der Waals surface area contributed by atoms with Crippen molar-refractivity contribution in [2.24, 2.45) is 5.92 Å². The van der Waals surface area contributed by atoms with E-state index in [2.05, 4.69) is 39.2 Å². The van der Waals surface area contributed by atoms with Crippen LogP contribution in [0.5, 0.6) is 0 Å². The Morgan fingerprint density at radius 1 is 1.41 bits per heavy atom. The van der Waals surface area contributed by atoms with Gasteiger partial charge in [-0.1, -0.05) is 13.8 Å². The first kappa shape index (κ1) is 14.8. The van der Waals surface area contributed by atoms with Crippen molar-refractivity contribution in [2.45, 2.75) is 32.9 Å².